The first-order chi connectivity index (χ1) is 8.00. The number of hydrogen-bond donors (Lipinski definition) is 0. The van der Waals surface area contributed by atoms with E-state index >= 15 is 0 Å². The topological polar surface area (TPSA) is 54.1 Å². The standard InChI is InChI=1S/C5H9F5N4OP3/c1-14(4-2-3-5(14)15)18(10)12-16(6,7)11-17(8,9)13-18/h2-4H2,1H3/q+1. The number of quaternary nitrogens is 1. The molecule has 5 nitrogen and oxygen atoms in total. The molecule has 1 amide bonds. The summed E-state index contributed by atoms with van der Waals surface area (Å²) in [6.45, 7) is -0.143. The third-order valence-corrected chi connectivity index (χ3v) is 9.55. The van der Waals surface area contributed by atoms with Crippen LogP contribution in [0.4, 0.5) is 21.0 Å². The molecule has 104 valence electrons. The van der Waals surface area contributed by atoms with E-state index < -0.39 is 33.5 Å². The van der Waals surface area contributed by atoms with E-state index in [0.29, 0.717) is 0 Å². The van der Waals surface area contributed by atoms with Crippen molar-refractivity contribution in [1.29, 1.82) is 0 Å². The van der Waals surface area contributed by atoms with Crippen molar-refractivity contribution < 1.29 is 30.0 Å². The summed E-state index contributed by atoms with van der Waals surface area (Å²) in [5, 5.41) is 0. The van der Waals surface area contributed by atoms with Crippen LogP contribution >= 0.6 is 23.3 Å². The molecule has 18 heavy (non-hydrogen) atoms. The van der Waals surface area contributed by atoms with Gasteiger partial charge in [-0.05, 0) is 0 Å². The van der Waals surface area contributed by atoms with E-state index in [-0.39, 0.29) is 19.4 Å². The first-order valence-electron chi connectivity index (χ1n) is 4.79. The molecule has 1 fully saturated rings. The van der Waals surface area contributed by atoms with Crippen molar-refractivity contribution in [2.45, 2.75) is 12.8 Å². The Morgan fingerprint density at radius 2 is 1.61 bits per heavy atom. The minimum absolute atomic E-state index is 0.0433. The maximum Gasteiger partial charge on any atom is 0.452 e. The monoisotopic (exact) mass is 329 g/mol. The lowest BCUT2D eigenvalue weighted by Crippen LogP contribution is -2.39. The fraction of sp³-hybridized carbons (Fsp3) is 0.800. The first kappa shape index (κ1) is 14.4. The van der Waals surface area contributed by atoms with Gasteiger partial charge in [-0.1, -0.05) is 0 Å². The van der Waals surface area contributed by atoms with E-state index in [0.717, 1.165) is 7.05 Å². The van der Waals surface area contributed by atoms with Gasteiger partial charge in [0.05, 0.1) is 20.0 Å². The predicted molar refractivity (Wildman–Crippen MR) is 58.9 cm³/mol. The second-order valence-corrected chi connectivity index (χ2v) is 9.88. The van der Waals surface area contributed by atoms with Gasteiger partial charge in [0.1, 0.15) is 0 Å². The highest BCUT2D eigenvalue weighted by atomic mass is 31.3. The normalized spacial score (nSPS) is 41.8. The Morgan fingerprint density at radius 1 is 1.06 bits per heavy atom. The minimum Gasteiger partial charge on any atom is -0.231 e. The maximum atomic E-state index is 14.5. The van der Waals surface area contributed by atoms with Crippen LogP contribution in [0.5, 0.6) is 0 Å². The Labute approximate surface area is 100.0 Å². The van der Waals surface area contributed by atoms with Gasteiger partial charge in [0.2, 0.25) is 0 Å². The van der Waals surface area contributed by atoms with Gasteiger partial charge in [-0.25, -0.2) is 4.79 Å². The van der Waals surface area contributed by atoms with Crippen molar-refractivity contribution in [2.24, 2.45) is 13.5 Å². The van der Waals surface area contributed by atoms with E-state index in [1.54, 1.807) is 0 Å². The smallest absolute Gasteiger partial charge is 0.231 e. The van der Waals surface area contributed by atoms with Crippen LogP contribution in [0.2, 0.25) is 0 Å². The van der Waals surface area contributed by atoms with Gasteiger partial charge in [0, 0.05) is 6.42 Å². The van der Waals surface area contributed by atoms with Gasteiger partial charge in [-0.15, -0.1) is 34.5 Å². The molecule has 0 radical (unpaired) electrons. The molecule has 2 atom stereocenters. The summed E-state index contributed by atoms with van der Waals surface area (Å²) in [5.74, 6) is -0.722. The number of carbonyl (C=O) groups excluding carboxylic acids is 1. The molecule has 2 aliphatic rings. The number of rotatable bonds is 1. The third-order valence-electron chi connectivity index (χ3n) is 2.74. The summed E-state index contributed by atoms with van der Waals surface area (Å²) in [6.07, 6.45) is 0.204. The number of nitrogens with zero attached hydrogens (tertiary/aromatic N) is 4. The fourth-order valence-corrected chi connectivity index (χ4v) is 8.62. The third kappa shape index (κ3) is 2.24. The number of amides is 1. The van der Waals surface area contributed by atoms with Gasteiger partial charge in [-0.3, -0.25) is 0 Å². The molecule has 0 aromatic rings. The van der Waals surface area contributed by atoms with E-state index in [9.17, 15) is 25.8 Å². The molecule has 0 saturated carbocycles. The molecule has 0 spiro atoms. The SMILES string of the molecule is C[N+]1(P2(F)=NP(F)(F)=NP(F)(F)=N2)CCCC1=O. The van der Waals surface area contributed by atoms with Gasteiger partial charge >= 0.3 is 29.2 Å². The van der Waals surface area contributed by atoms with Crippen LogP contribution in [0.3, 0.4) is 0 Å². The zero-order chi connectivity index (χ0) is 13.8. The van der Waals surface area contributed by atoms with E-state index in [1.165, 1.54) is 0 Å². The van der Waals surface area contributed by atoms with Crippen LogP contribution in [0.1, 0.15) is 12.8 Å². The molecule has 0 aromatic heterocycles. The summed E-state index contributed by atoms with van der Waals surface area (Å²) < 4.78 is 72.6. The second-order valence-electron chi connectivity index (χ2n) is 4.04. The summed E-state index contributed by atoms with van der Waals surface area (Å²) in [5.41, 5.74) is 0. The molecule has 2 heterocycles. The van der Waals surface area contributed by atoms with Crippen LogP contribution in [0.25, 0.3) is 0 Å². The van der Waals surface area contributed by atoms with Crippen LogP contribution in [0.15, 0.2) is 13.5 Å². The predicted octanol–water partition coefficient (Wildman–Crippen LogP) is 5.45. The summed E-state index contributed by atoms with van der Waals surface area (Å²) in [4.78, 5) is 11.6. The lowest BCUT2D eigenvalue weighted by molar-refractivity contribution is -0.702. The van der Waals surface area contributed by atoms with Gasteiger partial charge in [0.15, 0.2) is 0 Å². The van der Waals surface area contributed by atoms with E-state index in [4.69, 9.17) is 0 Å². The summed E-state index contributed by atoms with van der Waals surface area (Å²) in [6, 6.07) is 0. The highest BCUT2D eigenvalue weighted by Crippen LogP contribution is 2.84. The van der Waals surface area contributed by atoms with E-state index in [1.807, 2.05) is 4.52 Å². The Hall–Kier alpha value is -0.0300. The Morgan fingerprint density at radius 3 is 2.06 bits per heavy atom. The van der Waals surface area contributed by atoms with Gasteiger partial charge in [-0.2, -0.15) is 4.25 Å². The van der Waals surface area contributed by atoms with Crippen LogP contribution in [-0.4, -0.2) is 23.8 Å². The number of hydrogen-bond acceptors (Lipinski definition) is 4. The quantitative estimate of drug-likeness (QED) is 0.466. The van der Waals surface area contributed by atoms with Gasteiger partial charge in [0.25, 0.3) is 0 Å². The molecule has 0 aliphatic carbocycles. The van der Waals surface area contributed by atoms with Crippen molar-refractivity contribution >= 4 is 29.2 Å². The van der Waals surface area contributed by atoms with Crippen molar-refractivity contribution in [2.75, 3.05) is 13.6 Å². The molecular weight excluding hydrogens is 320 g/mol. The Balaban J connectivity index is 2.71. The number of halogens is 5. The highest BCUT2D eigenvalue weighted by Gasteiger charge is 2.57. The lowest BCUT2D eigenvalue weighted by atomic mass is 10.4. The van der Waals surface area contributed by atoms with Crippen molar-refractivity contribution in [3.05, 3.63) is 0 Å². The van der Waals surface area contributed by atoms with Gasteiger partial charge < -0.3 is 0 Å². The number of carbonyl (C=O) groups is 1. The molecular formula is C5H9F5N4OP3+. The van der Waals surface area contributed by atoms with E-state index in [2.05, 4.69) is 9.03 Å². The molecule has 2 unspecified atom stereocenters. The minimum atomic E-state index is -5.74. The molecule has 0 N–H and O–H groups in total. The first-order valence-corrected chi connectivity index (χ1v) is 9.28. The molecule has 2 rings (SSSR count). The highest BCUT2D eigenvalue weighted by molar-refractivity contribution is 7.77. The fourth-order valence-electron chi connectivity index (χ4n) is 1.81. The Kier molecular flexibility index (Phi) is 3.18. The largest absolute Gasteiger partial charge is 0.452 e. The second kappa shape index (κ2) is 3.98. The summed E-state index contributed by atoms with van der Waals surface area (Å²) in [7, 11) is -15.5. The van der Waals surface area contributed by atoms with Crippen molar-refractivity contribution in [3.8, 4) is 0 Å². The average Bonchev–Trinajstić information content (AvgIpc) is 2.42. The maximum absolute atomic E-state index is 14.5. The van der Waals surface area contributed by atoms with Crippen LogP contribution in [-0.2, 0) is 4.79 Å². The molecule has 2 aliphatic heterocycles. The zero-order valence-electron chi connectivity index (χ0n) is 9.05. The summed E-state index contributed by atoms with van der Waals surface area (Å²) >= 11 is 0. The van der Waals surface area contributed by atoms with Crippen LogP contribution < -0.4 is 0 Å². The van der Waals surface area contributed by atoms with Crippen molar-refractivity contribution in [3.63, 3.8) is 0 Å². The molecule has 1 saturated heterocycles. The average molecular weight is 329 g/mol. The lowest BCUT2D eigenvalue weighted by Gasteiger charge is -2.30. The molecule has 0 bridgehead atoms. The van der Waals surface area contributed by atoms with Crippen molar-refractivity contribution in [1.82, 2.24) is 0 Å². The molecule has 13 heteroatoms. The number of likely N-dealkylation sites (tertiary alicyclic amines) is 1. The Bertz CT molecular complexity index is 570. The molecule has 0 aromatic carbocycles. The zero-order valence-corrected chi connectivity index (χ0v) is 11.7. The van der Waals surface area contributed by atoms with Crippen LogP contribution in [0, 0.1) is 0 Å².